The molecule has 0 spiro atoms. The molecule has 0 amide bonds. The van der Waals surface area contributed by atoms with Gasteiger partial charge in [0.05, 0.1) is 0 Å². The Morgan fingerprint density at radius 2 is 1.94 bits per heavy atom. The average Bonchev–Trinajstić information content (AvgIpc) is 2.28. The largest absolute Gasteiger partial charge is 0.459 e. The molecule has 0 aromatic carbocycles. The van der Waals surface area contributed by atoms with Crippen LogP contribution in [0.4, 0.5) is 13.2 Å². The van der Waals surface area contributed by atoms with Crippen molar-refractivity contribution < 1.29 is 22.7 Å². The van der Waals surface area contributed by atoms with E-state index in [9.17, 15) is 18.0 Å². The Morgan fingerprint density at radius 3 is 2.44 bits per heavy atom. The third-order valence-corrected chi connectivity index (χ3v) is 3.88. The van der Waals surface area contributed by atoms with Gasteiger partial charge in [-0.25, -0.2) is 4.79 Å². The molecule has 2 nitrogen and oxygen atoms in total. The summed E-state index contributed by atoms with van der Waals surface area (Å²) in [6.07, 6.45) is -2.28. The second-order valence-corrected chi connectivity index (χ2v) is 5.43. The van der Waals surface area contributed by atoms with Gasteiger partial charge in [0.2, 0.25) is 0 Å². The summed E-state index contributed by atoms with van der Waals surface area (Å²) in [5.41, 5.74) is 0. The number of halogens is 4. The van der Waals surface area contributed by atoms with Gasteiger partial charge in [-0.05, 0) is 26.2 Å². The molecule has 0 aromatic rings. The Bertz CT molecular complexity index is 326. The molecule has 1 saturated carbocycles. The molecule has 1 fully saturated rings. The maximum absolute atomic E-state index is 12.9. The van der Waals surface area contributed by atoms with Crippen molar-refractivity contribution in [2.75, 3.05) is 0 Å². The smallest absolute Gasteiger partial charge is 0.407 e. The van der Waals surface area contributed by atoms with Crippen LogP contribution in [0.15, 0.2) is 12.7 Å². The van der Waals surface area contributed by atoms with Crippen LogP contribution >= 0.6 is 11.6 Å². The van der Waals surface area contributed by atoms with Crippen molar-refractivity contribution in [2.45, 2.75) is 49.8 Å². The fourth-order valence-electron chi connectivity index (χ4n) is 2.27. The average molecular weight is 285 g/mol. The van der Waals surface area contributed by atoms with Crippen molar-refractivity contribution in [3.8, 4) is 0 Å². The van der Waals surface area contributed by atoms with Crippen LogP contribution in [-0.4, -0.2) is 23.1 Å². The lowest BCUT2D eigenvalue weighted by atomic mass is 9.77. The van der Waals surface area contributed by atoms with Crippen LogP contribution in [0, 0.1) is 5.92 Å². The van der Waals surface area contributed by atoms with Gasteiger partial charge in [0.25, 0.3) is 0 Å². The molecular formula is C12H16ClF3O2. The number of ether oxygens (including phenoxy) is 1. The van der Waals surface area contributed by atoms with E-state index in [1.54, 1.807) is 0 Å². The number of carbonyl (C=O) groups is 1. The molecule has 1 rings (SSSR count). The highest BCUT2D eigenvalue weighted by molar-refractivity contribution is 6.24. The van der Waals surface area contributed by atoms with Crippen molar-refractivity contribution in [3.63, 3.8) is 0 Å². The first-order valence-corrected chi connectivity index (χ1v) is 6.16. The van der Waals surface area contributed by atoms with E-state index in [1.807, 2.05) is 0 Å². The molecule has 0 bridgehead atoms. The second kappa shape index (κ2) is 5.51. The van der Waals surface area contributed by atoms with Gasteiger partial charge in [-0.3, -0.25) is 0 Å². The Hall–Kier alpha value is -0.710. The van der Waals surface area contributed by atoms with Crippen molar-refractivity contribution >= 4 is 17.6 Å². The molecule has 104 valence electrons. The summed E-state index contributed by atoms with van der Waals surface area (Å²) < 4.78 is 43.7. The first-order chi connectivity index (χ1) is 8.20. The molecule has 0 heterocycles. The molecule has 3 unspecified atom stereocenters. The lowest BCUT2D eigenvalue weighted by Crippen LogP contribution is -2.50. The summed E-state index contributed by atoms with van der Waals surface area (Å²) in [5.74, 6) is -1.63. The number of rotatable bonds is 3. The molecule has 0 aromatic heterocycles. The van der Waals surface area contributed by atoms with Crippen LogP contribution in [0.3, 0.4) is 0 Å². The van der Waals surface area contributed by atoms with E-state index in [2.05, 4.69) is 6.58 Å². The topological polar surface area (TPSA) is 26.3 Å². The lowest BCUT2D eigenvalue weighted by molar-refractivity contribution is -0.189. The molecular weight excluding hydrogens is 269 g/mol. The van der Waals surface area contributed by atoms with Crippen LogP contribution in [0.2, 0.25) is 0 Å². The summed E-state index contributed by atoms with van der Waals surface area (Å²) in [7, 11) is 0. The second-order valence-electron chi connectivity index (χ2n) is 4.64. The van der Waals surface area contributed by atoms with E-state index < -0.39 is 29.0 Å². The Labute approximate surface area is 109 Å². The minimum absolute atomic E-state index is 0.300. The minimum atomic E-state index is -4.53. The highest BCUT2D eigenvalue weighted by atomic mass is 35.5. The van der Waals surface area contributed by atoms with Crippen LogP contribution < -0.4 is 0 Å². The van der Waals surface area contributed by atoms with Crippen LogP contribution in [-0.2, 0) is 9.53 Å². The fraction of sp³-hybridized carbons (Fsp3) is 0.750. The van der Waals surface area contributed by atoms with Crippen molar-refractivity contribution in [1.82, 2.24) is 0 Å². The van der Waals surface area contributed by atoms with Gasteiger partial charge >= 0.3 is 12.1 Å². The lowest BCUT2D eigenvalue weighted by Gasteiger charge is -2.40. The SMILES string of the molecule is C=CC(=O)OC1CCCCC1C(C)(Cl)C(F)(F)F. The van der Waals surface area contributed by atoms with Gasteiger partial charge in [0.15, 0.2) is 0 Å². The normalized spacial score (nSPS) is 28.3. The van der Waals surface area contributed by atoms with Gasteiger partial charge in [0.1, 0.15) is 11.0 Å². The molecule has 3 atom stereocenters. The first-order valence-electron chi connectivity index (χ1n) is 5.79. The maximum Gasteiger partial charge on any atom is 0.407 e. The number of carbonyl (C=O) groups excluding carboxylic acids is 1. The predicted octanol–water partition coefficient (Wildman–Crippen LogP) is 3.83. The minimum Gasteiger partial charge on any atom is -0.459 e. The zero-order chi connectivity index (χ0) is 14.0. The van der Waals surface area contributed by atoms with Gasteiger partial charge < -0.3 is 4.74 Å². The molecule has 0 radical (unpaired) electrons. The number of hydrogen-bond donors (Lipinski definition) is 0. The fourth-order valence-corrected chi connectivity index (χ4v) is 2.52. The zero-order valence-corrected chi connectivity index (χ0v) is 10.9. The monoisotopic (exact) mass is 284 g/mol. The first kappa shape index (κ1) is 15.3. The summed E-state index contributed by atoms with van der Waals surface area (Å²) in [6, 6.07) is 0. The van der Waals surface area contributed by atoms with E-state index in [0.717, 1.165) is 19.4 Å². The Kier molecular flexibility index (Phi) is 4.70. The van der Waals surface area contributed by atoms with Gasteiger partial charge in [0, 0.05) is 12.0 Å². The van der Waals surface area contributed by atoms with E-state index in [1.165, 1.54) is 0 Å². The van der Waals surface area contributed by atoms with E-state index in [0.29, 0.717) is 19.3 Å². The molecule has 1 aliphatic carbocycles. The summed E-state index contributed by atoms with van der Waals surface area (Å²) in [6.45, 7) is 4.18. The van der Waals surface area contributed by atoms with Crippen LogP contribution in [0.25, 0.3) is 0 Å². The van der Waals surface area contributed by atoms with Gasteiger partial charge in [-0.2, -0.15) is 13.2 Å². The zero-order valence-electron chi connectivity index (χ0n) is 10.1. The standard InChI is InChI=1S/C12H16ClF3O2/c1-3-10(17)18-9-7-5-4-6-8(9)11(2,13)12(14,15)16/h3,8-9H,1,4-7H2,2H3. The molecule has 0 N–H and O–H groups in total. The van der Waals surface area contributed by atoms with Gasteiger partial charge in [-0.15, -0.1) is 11.6 Å². The van der Waals surface area contributed by atoms with Crippen molar-refractivity contribution in [2.24, 2.45) is 5.92 Å². The molecule has 6 heteroatoms. The summed E-state index contributed by atoms with van der Waals surface area (Å²) in [5, 5.41) is 0. The van der Waals surface area contributed by atoms with Crippen molar-refractivity contribution in [3.05, 3.63) is 12.7 Å². The Balaban J connectivity index is 2.88. The molecule has 0 saturated heterocycles. The number of hydrogen-bond acceptors (Lipinski definition) is 2. The van der Waals surface area contributed by atoms with E-state index in [-0.39, 0.29) is 0 Å². The molecule has 0 aliphatic heterocycles. The third kappa shape index (κ3) is 3.19. The number of esters is 1. The Morgan fingerprint density at radius 1 is 1.39 bits per heavy atom. The third-order valence-electron chi connectivity index (χ3n) is 3.39. The summed E-state index contributed by atoms with van der Waals surface area (Å²) in [4.78, 5) is 8.76. The number of alkyl halides is 4. The quantitative estimate of drug-likeness (QED) is 0.447. The molecule has 18 heavy (non-hydrogen) atoms. The maximum atomic E-state index is 12.9. The summed E-state index contributed by atoms with van der Waals surface area (Å²) >= 11 is 5.67. The highest BCUT2D eigenvalue weighted by Crippen LogP contribution is 2.47. The van der Waals surface area contributed by atoms with Crippen LogP contribution in [0.5, 0.6) is 0 Å². The highest BCUT2D eigenvalue weighted by Gasteiger charge is 2.57. The van der Waals surface area contributed by atoms with E-state index >= 15 is 0 Å². The van der Waals surface area contributed by atoms with Crippen molar-refractivity contribution in [1.29, 1.82) is 0 Å². The molecule has 1 aliphatic rings. The predicted molar refractivity (Wildman–Crippen MR) is 62.3 cm³/mol. The van der Waals surface area contributed by atoms with Crippen LogP contribution in [0.1, 0.15) is 32.6 Å². The van der Waals surface area contributed by atoms with Gasteiger partial charge in [-0.1, -0.05) is 13.0 Å². The van der Waals surface area contributed by atoms with E-state index in [4.69, 9.17) is 16.3 Å².